The number of halogens is 1. The van der Waals surface area contributed by atoms with Gasteiger partial charge in [0.05, 0.1) is 5.02 Å². The van der Waals surface area contributed by atoms with Crippen LogP contribution >= 0.6 is 11.6 Å². The van der Waals surface area contributed by atoms with Crippen LogP contribution in [0.4, 0.5) is 0 Å². The lowest BCUT2D eigenvalue weighted by molar-refractivity contribution is 0.104. The van der Waals surface area contributed by atoms with Crippen LogP contribution in [-0.4, -0.2) is 10.9 Å². The van der Waals surface area contributed by atoms with E-state index in [2.05, 4.69) is 0 Å². The maximum Gasteiger partial charge on any atom is 0.187 e. The summed E-state index contributed by atoms with van der Waals surface area (Å²) in [4.78, 5) is 11.9. The van der Waals surface area contributed by atoms with Crippen LogP contribution in [0.25, 0.3) is 6.08 Å². The van der Waals surface area contributed by atoms with Crippen molar-refractivity contribution in [3.8, 4) is 5.75 Å². The molecule has 90 valence electrons. The van der Waals surface area contributed by atoms with Crippen molar-refractivity contribution in [2.45, 2.75) is 0 Å². The second-order valence-electron chi connectivity index (χ2n) is 3.74. The van der Waals surface area contributed by atoms with Gasteiger partial charge in [-0.25, -0.2) is 0 Å². The van der Waals surface area contributed by atoms with Crippen molar-refractivity contribution in [1.29, 1.82) is 0 Å². The SMILES string of the molecule is O=C(/C=C/c1ccccc1O)c1ccccc1Cl. The second-order valence-corrected chi connectivity index (χ2v) is 4.14. The first-order valence-corrected chi connectivity index (χ1v) is 5.81. The number of phenols is 1. The van der Waals surface area contributed by atoms with Crippen LogP contribution in [0, 0.1) is 0 Å². The van der Waals surface area contributed by atoms with Crippen LogP contribution in [-0.2, 0) is 0 Å². The van der Waals surface area contributed by atoms with Crippen LogP contribution < -0.4 is 0 Å². The first kappa shape index (κ1) is 12.4. The Balaban J connectivity index is 2.23. The maximum atomic E-state index is 11.9. The molecule has 0 radical (unpaired) electrons. The van der Waals surface area contributed by atoms with E-state index >= 15 is 0 Å². The predicted octanol–water partition coefficient (Wildman–Crippen LogP) is 3.94. The van der Waals surface area contributed by atoms with Gasteiger partial charge in [0.2, 0.25) is 0 Å². The number of hydrogen-bond acceptors (Lipinski definition) is 2. The third kappa shape index (κ3) is 2.79. The highest BCUT2D eigenvalue weighted by molar-refractivity contribution is 6.34. The predicted molar refractivity (Wildman–Crippen MR) is 72.9 cm³/mol. The van der Waals surface area contributed by atoms with E-state index < -0.39 is 0 Å². The molecule has 0 aliphatic heterocycles. The molecule has 0 aliphatic rings. The highest BCUT2D eigenvalue weighted by Gasteiger charge is 2.06. The molecular weight excluding hydrogens is 248 g/mol. The standard InChI is InChI=1S/C15H11ClO2/c16-13-7-3-2-6-12(13)15(18)10-9-11-5-1-4-8-14(11)17/h1-10,17H/b10-9+. The Morgan fingerprint density at radius 2 is 1.72 bits per heavy atom. The van der Waals surface area contributed by atoms with Gasteiger partial charge in [-0.05, 0) is 30.4 Å². The number of carbonyl (C=O) groups excluding carboxylic acids is 1. The molecule has 2 rings (SSSR count). The number of hydrogen-bond donors (Lipinski definition) is 1. The molecule has 3 heteroatoms. The summed E-state index contributed by atoms with van der Waals surface area (Å²) >= 11 is 5.93. The number of ketones is 1. The Morgan fingerprint density at radius 1 is 1.06 bits per heavy atom. The number of phenolic OH excluding ortho intramolecular Hbond substituents is 1. The van der Waals surface area contributed by atoms with Crippen molar-refractivity contribution in [1.82, 2.24) is 0 Å². The number of benzene rings is 2. The zero-order chi connectivity index (χ0) is 13.0. The van der Waals surface area contributed by atoms with Gasteiger partial charge in [-0.15, -0.1) is 0 Å². The van der Waals surface area contributed by atoms with E-state index in [0.717, 1.165) is 0 Å². The van der Waals surface area contributed by atoms with Crippen LogP contribution in [0.5, 0.6) is 5.75 Å². The average molecular weight is 259 g/mol. The number of rotatable bonds is 3. The summed E-state index contributed by atoms with van der Waals surface area (Å²) in [5, 5.41) is 9.98. The summed E-state index contributed by atoms with van der Waals surface area (Å²) in [5.74, 6) is -0.0513. The molecule has 2 aromatic rings. The van der Waals surface area contributed by atoms with Crippen molar-refractivity contribution in [2.75, 3.05) is 0 Å². The minimum atomic E-state index is -0.191. The van der Waals surface area contributed by atoms with E-state index in [1.54, 1.807) is 54.6 Å². The molecule has 2 nitrogen and oxygen atoms in total. The monoisotopic (exact) mass is 258 g/mol. The van der Waals surface area contributed by atoms with Crippen molar-refractivity contribution in [3.05, 3.63) is 70.8 Å². The Hall–Kier alpha value is -2.06. The molecule has 2 aromatic carbocycles. The van der Waals surface area contributed by atoms with Gasteiger partial charge in [0.15, 0.2) is 5.78 Å². The molecule has 0 spiro atoms. The molecule has 1 N–H and O–H groups in total. The normalized spacial score (nSPS) is 10.7. The highest BCUT2D eigenvalue weighted by Crippen LogP contribution is 2.19. The first-order chi connectivity index (χ1) is 8.68. The molecule has 0 unspecified atom stereocenters. The van der Waals surface area contributed by atoms with E-state index in [4.69, 9.17) is 11.6 Å². The van der Waals surface area contributed by atoms with Gasteiger partial charge in [-0.1, -0.05) is 41.9 Å². The minimum absolute atomic E-state index is 0.140. The first-order valence-electron chi connectivity index (χ1n) is 5.43. The number of carbonyl (C=O) groups is 1. The summed E-state index contributed by atoms with van der Waals surface area (Å²) in [6.45, 7) is 0. The number of allylic oxidation sites excluding steroid dienone is 1. The molecule has 0 amide bonds. The van der Waals surface area contributed by atoms with Crippen molar-refractivity contribution in [2.24, 2.45) is 0 Å². The summed E-state index contributed by atoms with van der Waals surface area (Å²) < 4.78 is 0. The zero-order valence-corrected chi connectivity index (χ0v) is 10.3. The van der Waals surface area contributed by atoms with E-state index in [-0.39, 0.29) is 11.5 Å². The van der Waals surface area contributed by atoms with Crippen LogP contribution in [0.2, 0.25) is 5.02 Å². The summed E-state index contributed by atoms with van der Waals surface area (Å²) in [7, 11) is 0. The van der Waals surface area contributed by atoms with Gasteiger partial charge < -0.3 is 5.11 Å². The number of para-hydroxylation sites is 1. The lowest BCUT2D eigenvalue weighted by Crippen LogP contribution is -1.94. The molecule has 0 saturated carbocycles. The third-order valence-electron chi connectivity index (χ3n) is 2.49. The van der Waals surface area contributed by atoms with Crippen LogP contribution in [0.3, 0.4) is 0 Å². The van der Waals surface area contributed by atoms with Gasteiger partial charge >= 0.3 is 0 Å². The van der Waals surface area contributed by atoms with Gasteiger partial charge in [-0.3, -0.25) is 4.79 Å². The highest BCUT2D eigenvalue weighted by atomic mass is 35.5. The largest absolute Gasteiger partial charge is 0.507 e. The third-order valence-corrected chi connectivity index (χ3v) is 2.82. The fraction of sp³-hybridized carbons (Fsp3) is 0. The van der Waals surface area contributed by atoms with E-state index in [1.165, 1.54) is 6.08 Å². The summed E-state index contributed by atoms with van der Waals surface area (Å²) in [6.07, 6.45) is 2.97. The van der Waals surface area contributed by atoms with Crippen molar-refractivity contribution >= 4 is 23.5 Å². The van der Waals surface area contributed by atoms with E-state index in [9.17, 15) is 9.90 Å². The fourth-order valence-corrected chi connectivity index (χ4v) is 1.77. The maximum absolute atomic E-state index is 11.9. The molecule has 0 aromatic heterocycles. The van der Waals surface area contributed by atoms with E-state index in [0.29, 0.717) is 16.1 Å². The topological polar surface area (TPSA) is 37.3 Å². The fourth-order valence-electron chi connectivity index (χ4n) is 1.54. The minimum Gasteiger partial charge on any atom is -0.507 e. The molecule has 0 saturated heterocycles. The average Bonchev–Trinajstić information content (AvgIpc) is 2.38. The Labute approximate surface area is 110 Å². The van der Waals surface area contributed by atoms with Gasteiger partial charge in [0.1, 0.15) is 5.75 Å². The van der Waals surface area contributed by atoms with Gasteiger partial charge in [0, 0.05) is 11.1 Å². The van der Waals surface area contributed by atoms with Crippen LogP contribution in [0.1, 0.15) is 15.9 Å². The summed E-state index contributed by atoms with van der Waals surface area (Å²) in [5.41, 5.74) is 1.05. The quantitative estimate of drug-likeness (QED) is 0.669. The molecule has 0 heterocycles. The lowest BCUT2D eigenvalue weighted by atomic mass is 10.1. The molecule has 0 fully saturated rings. The van der Waals surface area contributed by atoms with E-state index in [1.807, 2.05) is 0 Å². The summed E-state index contributed by atoms with van der Waals surface area (Å²) in [6, 6.07) is 13.7. The zero-order valence-electron chi connectivity index (χ0n) is 9.51. The molecule has 18 heavy (non-hydrogen) atoms. The second kappa shape index (κ2) is 5.52. The number of aromatic hydroxyl groups is 1. The Kier molecular flexibility index (Phi) is 3.80. The van der Waals surface area contributed by atoms with Crippen LogP contribution in [0.15, 0.2) is 54.6 Å². The smallest absolute Gasteiger partial charge is 0.187 e. The molecule has 0 aliphatic carbocycles. The lowest BCUT2D eigenvalue weighted by Gasteiger charge is -1.99. The van der Waals surface area contributed by atoms with Crippen molar-refractivity contribution in [3.63, 3.8) is 0 Å². The molecular formula is C15H11ClO2. The van der Waals surface area contributed by atoms with Crippen molar-refractivity contribution < 1.29 is 9.90 Å². The Bertz CT molecular complexity index is 603. The van der Waals surface area contributed by atoms with Gasteiger partial charge in [0.25, 0.3) is 0 Å². The Morgan fingerprint density at radius 3 is 2.44 bits per heavy atom. The van der Waals surface area contributed by atoms with Gasteiger partial charge in [-0.2, -0.15) is 0 Å². The molecule has 0 atom stereocenters. The molecule has 0 bridgehead atoms.